The van der Waals surface area contributed by atoms with Crippen molar-refractivity contribution in [2.45, 2.75) is 19.8 Å². The normalized spacial score (nSPS) is 23.1. The van der Waals surface area contributed by atoms with Gasteiger partial charge in [-0.15, -0.1) is 0 Å². The predicted octanol–water partition coefficient (Wildman–Crippen LogP) is 4.75. The van der Waals surface area contributed by atoms with Crippen LogP contribution in [0.25, 0.3) is 0 Å². The van der Waals surface area contributed by atoms with Gasteiger partial charge in [-0.1, -0.05) is 44.2 Å². The third kappa shape index (κ3) is 3.30. The van der Waals surface area contributed by atoms with Crippen LogP contribution < -0.4 is 4.74 Å². The Kier molecular flexibility index (Phi) is 5.36. The Morgan fingerprint density at radius 2 is 1.77 bits per heavy atom. The molecule has 30 heavy (non-hydrogen) atoms. The van der Waals surface area contributed by atoms with Crippen LogP contribution in [-0.4, -0.2) is 22.2 Å². The maximum atomic E-state index is 13.8. The van der Waals surface area contributed by atoms with Crippen LogP contribution in [0.5, 0.6) is 11.5 Å². The number of para-hydroxylation sites is 1. The van der Waals surface area contributed by atoms with E-state index in [1.165, 1.54) is 0 Å². The third-order valence-electron chi connectivity index (χ3n) is 5.88. The van der Waals surface area contributed by atoms with Crippen molar-refractivity contribution in [3.63, 3.8) is 0 Å². The minimum Gasteiger partial charge on any atom is -0.481 e. The molecule has 1 aliphatic carbocycles. The molecule has 0 radical (unpaired) electrons. The van der Waals surface area contributed by atoms with E-state index >= 15 is 0 Å². The van der Waals surface area contributed by atoms with E-state index in [-0.39, 0.29) is 0 Å². The van der Waals surface area contributed by atoms with E-state index in [0.29, 0.717) is 17.1 Å². The summed E-state index contributed by atoms with van der Waals surface area (Å²) >= 11 is 0. The number of benzene rings is 2. The van der Waals surface area contributed by atoms with Gasteiger partial charge < -0.3 is 14.9 Å². The maximum absolute atomic E-state index is 13.8. The maximum Gasteiger partial charge on any atom is 0.364 e. The Balaban J connectivity index is 2.03. The summed E-state index contributed by atoms with van der Waals surface area (Å²) < 4.78 is 19.6. The molecule has 0 aromatic heterocycles. The number of rotatable bonds is 7. The number of nitriles is 1. The van der Waals surface area contributed by atoms with Crippen molar-refractivity contribution in [2.24, 2.45) is 16.7 Å². The number of carboxylic acids is 2. The molecule has 7 heteroatoms. The average molecular weight is 409 g/mol. The molecule has 0 heterocycles. The fraction of sp³-hybridized carbons (Fsp3) is 0.261. The Morgan fingerprint density at radius 1 is 1.13 bits per heavy atom. The van der Waals surface area contributed by atoms with Crippen molar-refractivity contribution in [2.75, 3.05) is 0 Å². The van der Waals surface area contributed by atoms with Crippen molar-refractivity contribution in [3.05, 3.63) is 72.1 Å². The Hall–Kier alpha value is -3.66. The first kappa shape index (κ1) is 21.1. The fourth-order valence-electron chi connectivity index (χ4n) is 4.30. The zero-order valence-corrected chi connectivity index (χ0v) is 16.4. The van der Waals surface area contributed by atoms with Crippen LogP contribution in [0.3, 0.4) is 0 Å². The summed E-state index contributed by atoms with van der Waals surface area (Å²) in [7, 11) is 0. The molecular formula is C23H20FNO5. The van der Waals surface area contributed by atoms with Crippen molar-refractivity contribution in [3.8, 4) is 17.6 Å². The molecule has 6 nitrogen and oxygen atoms in total. The van der Waals surface area contributed by atoms with E-state index in [4.69, 9.17) is 9.84 Å². The van der Waals surface area contributed by atoms with Gasteiger partial charge in [-0.3, -0.25) is 4.79 Å². The molecule has 2 aromatic rings. The Bertz CT molecular complexity index is 1060. The number of allylic oxidation sites excluding steroid dienone is 1. The topological polar surface area (TPSA) is 108 Å². The van der Waals surface area contributed by atoms with Gasteiger partial charge in [0.2, 0.25) is 5.83 Å². The van der Waals surface area contributed by atoms with Crippen molar-refractivity contribution < 1.29 is 28.9 Å². The second-order valence-corrected chi connectivity index (χ2v) is 7.74. The monoisotopic (exact) mass is 409 g/mol. The molecule has 2 N–H and O–H groups in total. The zero-order valence-electron chi connectivity index (χ0n) is 16.4. The van der Waals surface area contributed by atoms with Gasteiger partial charge in [-0.2, -0.15) is 9.65 Å². The van der Waals surface area contributed by atoms with Gasteiger partial charge in [0.1, 0.15) is 16.9 Å². The number of carboxylic acid groups (broad SMARTS) is 2. The minimum absolute atomic E-state index is 0.396. The van der Waals surface area contributed by atoms with Gasteiger partial charge in [0, 0.05) is 5.92 Å². The molecule has 0 aliphatic heterocycles. The first-order valence-electron chi connectivity index (χ1n) is 9.22. The molecule has 3 atom stereocenters. The van der Waals surface area contributed by atoms with Gasteiger partial charge in [0.05, 0.1) is 12.0 Å². The summed E-state index contributed by atoms with van der Waals surface area (Å²) in [5.41, 5.74) is -2.32. The average Bonchev–Trinajstić information content (AvgIpc) is 3.19. The molecule has 0 unspecified atom stereocenters. The molecular weight excluding hydrogens is 389 g/mol. The van der Waals surface area contributed by atoms with Crippen molar-refractivity contribution in [1.29, 1.82) is 5.26 Å². The fourth-order valence-corrected chi connectivity index (χ4v) is 4.30. The quantitative estimate of drug-likeness (QED) is 0.639. The molecule has 3 rings (SSSR count). The highest BCUT2D eigenvalue weighted by molar-refractivity contribution is 5.87. The van der Waals surface area contributed by atoms with E-state index in [0.717, 1.165) is 6.08 Å². The number of nitrogens with zero attached hydrogens (tertiary/aromatic N) is 1. The summed E-state index contributed by atoms with van der Waals surface area (Å²) in [4.78, 5) is 23.2. The van der Waals surface area contributed by atoms with Crippen LogP contribution >= 0.6 is 0 Å². The van der Waals surface area contributed by atoms with Gasteiger partial charge in [0.25, 0.3) is 0 Å². The van der Waals surface area contributed by atoms with E-state index in [2.05, 4.69) is 0 Å². The highest BCUT2D eigenvalue weighted by atomic mass is 19.1. The van der Waals surface area contributed by atoms with Crippen LogP contribution in [0, 0.1) is 28.1 Å². The lowest BCUT2D eigenvalue weighted by Gasteiger charge is -2.22. The number of carbonyl (C=O) groups is 2. The number of hydrogen-bond donors (Lipinski definition) is 2. The summed E-state index contributed by atoms with van der Waals surface area (Å²) in [5, 5.41) is 28.8. The lowest BCUT2D eigenvalue weighted by Crippen LogP contribution is -2.28. The Labute approximate surface area is 172 Å². The smallest absolute Gasteiger partial charge is 0.364 e. The molecule has 0 spiro atoms. The summed E-state index contributed by atoms with van der Waals surface area (Å²) in [6.07, 6.45) is 0.797. The van der Waals surface area contributed by atoms with Crippen LogP contribution in [0.2, 0.25) is 0 Å². The second-order valence-electron chi connectivity index (χ2n) is 7.74. The van der Waals surface area contributed by atoms with Gasteiger partial charge in [-0.25, -0.2) is 4.79 Å². The third-order valence-corrected chi connectivity index (χ3v) is 5.88. The lowest BCUT2D eigenvalue weighted by atomic mass is 9.78. The summed E-state index contributed by atoms with van der Waals surface area (Å²) in [5.74, 6) is -5.62. The van der Waals surface area contributed by atoms with E-state index < -0.39 is 40.4 Å². The van der Waals surface area contributed by atoms with Gasteiger partial charge in [0.15, 0.2) is 0 Å². The zero-order chi connectivity index (χ0) is 22.1. The molecule has 1 fully saturated rings. The van der Waals surface area contributed by atoms with Gasteiger partial charge in [-0.05, 0) is 41.3 Å². The highest BCUT2D eigenvalue weighted by Crippen LogP contribution is 2.75. The first-order valence-corrected chi connectivity index (χ1v) is 9.22. The van der Waals surface area contributed by atoms with Crippen LogP contribution in [0.4, 0.5) is 4.39 Å². The van der Waals surface area contributed by atoms with E-state index in [1.54, 1.807) is 62.4 Å². The molecule has 0 bridgehead atoms. The van der Waals surface area contributed by atoms with E-state index in [9.17, 15) is 24.3 Å². The number of halogens is 1. The van der Waals surface area contributed by atoms with E-state index in [1.807, 2.05) is 12.1 Å². The minimum atomic E-state index is -1.77. The molecule has 0 amide bonds. The van der Waals surface area contributed by atoms with Crippen molar-refractivity contribution >= 4 is 11.9 Å². The summed E-state index contributed by atoms with van der Waals surface area (Å²) in [6.45, 7) is 3.18. The summed E-state index contributed by atoms with van der Waals surface area (Å²) in [6, 6.07) is 17.5. The van der Waals surface area contributed by atoms with Crippen molar-refractivity contribution in [1.82, 2.24) is 0 Å². The molecule has 0 saturated heterocycles. The number of aliphatic carboxylic acids is 2. The molecule has 2 aromatic carbocycles. The first-order chi connectivity index (χ1) is 14.2. The highest BCUT2D eigenvalue weighted by Gasteiger charge is 2.78. The molecule has 154 valence electrons. The molecule has 1 saturated carbocycles. The standard InChI is InChI=1S/C23H20FNO5/c1-22(2)19(12-18(24)20(26)27)23(22,21(28)29)17(13-25)14-7-6-10-16(11-14)30-15-8-4-3-5-9-15/h3-12,17,19H,1-2H3,(H,26,27)(H,28,29)/t17-,19-,23+/m0/s1. The number of hydrogen-bond acceptors (Lipinski definition) is 4. The Morgan fingerprint density at radius 3 is 2.33 bits per heavy atom. The van der Waals surface area contributed by atoms with Gasteiger partial charge >= 0.3 is 11.9 Å². The second kappa shape index (κ2) is 7.64. The van der Waals surface area contributed by atoms with Crippen LogP contribution in [0.15, 0.2) is 66.5 Å². The molecule has 1 aliphatic rings. The van der Waals surface area contributed by atoms with Crippen LogP contribution in [-0.2, 0) is 9.59 Å². The van der Waals surface area contributed by atoms with Crippen LogP contribution in [0.1, 0.15) is 25.3 Å². The number of ether oxygens (including phenoxy) is 1. The lowest BCUT2D eigenvalue weighted by molar-refractivity contribution is -0.145. The predicted molar refractivity (Wildman–Crippen MR) is 105 cm³/mol. The largest absolute Gasteiger partial charge is 0.481 e. The SMILES string of the molecule is CC1(C)[C@H](C=C(F)C(=O)O)[C@@]1(C(=O)O)[C@@H](C#N)c1cccc(Oc2ccccc2)c1.